The molecule has 138 valence electrons. The van der Waals surface area contributed by atoms with Gasteiger partial charge in [-0.15, -0.1) is 0 Å². The minimum Gasteiger partial charge on any atom is -0.466 e. The third-order valence-corrected chi connectivity index (χ3v) is 3.38. The van der Waals surface area contributed by atoms with Crippen molar-refractivity contribution in [1.29, 1.82) is 0 Å². The Bertz CT molecular complexity index is 758. The first-order valence-electron chi connectivity index (χ1n) is 8.59. The smallest absolute Gasteiger partial charge is 0.332 e. The van der Waals surface area contributed by atoms with Gasteiger partial charge < -0.3 is 4.74 Å². The Hall–Kier alpha value is -3.39. The van der Waals surface area contributed by atoms with Gasteiger partial charge in [-0.3, -0.25) is 0 Å². The van der Waals surface area contributed by atoms with Crippen LogP contribution in [0.2, 0.25) is 0 Å². The number of esters is 1. The molecule has 0 aliphatic heterocycles. The van der Waals surface area contributed by atoms with E-state index in [0.717, 1.165) is 5.57 Å². The van der Waals surface area contributed by atoms with Gasteiger partial charge in [0.1, 0.15) is 0 Å². The summed E-state index contributed by atoms with van der Waals surface area (Å²) in [7, 11) is 1.33. The van der Waals surface area contributed by atoms with Crippen LogP contribution in [0.25, 0.3) is 12.2 Å². The van der Waals surface area contributed by atoms with Gasteiger partial charge >= 0.3 is 5.97 Å². The van der Waals surface area contributed by atoms with Crippen LogP contribution in [-0.4, -0.2) is 13.1 Å². The van der Waals surface area contributed by atoms with Crippen molar-refractivity contribution in [1.82, 2.24) is 0 Å². The quantitative estimate of drug-likeness (QED) is 0.346. The Kier molecular flexibility index (Phi) is 10.3. The summed E-state index contributed by atoms with van der Waals surface area (Å²) in [5.41, 5.74) is 3.93. The third kappa shape index (κ3) is 9.61. The summed E-state index contributed by atoms with van der Waals surface area (Å²) >= 11 is 0. The van der Waals surface area contributed by atoms with Gasteiger partial charge in [0, 0.05) is 5.57 Å². The van der Waals surface area contributed by atoms with E-state index in [4.69, 9.17) is 0 Å². The lowest BCUT2D eigenvalue weighted by atomic mass is 10.1. The van der Waals surface area contributed by atoms with Gasteiger partial charge in [0.15, 0.2) is 0 Å². The lowest BCUT2D eigenvalue weighted by Gasteiger charge is -1.95. The molecule has 0 aliphatic rings. The van der Waals surface area contributed by atoms with Crippen molar-refractivity contribution < 1.29 is 9.53 Å². The Balaban J connectivity index is 0.000000445. The van der Waals surface area contributed by atoms with Crippen LogP contribution in [0.1, 0.15) is 18.1 Å². The van der Waals surface area contributed by atoms with Crippen LogP contribution in [0, 0.1) is 0 Å². The van der Waals surface area contributed by atoms with E-state index in [-0.39, 0.29) is 5.97 Å². The summed E-state index contributed by atoms with van der Waals surface area (Å²) in [6.07, 6.45) is 12.2. The van der Waals surface area contributed by atoms with E-state index in [0.29, 0.717) is 5.57 Å². The fraction of sp³-hybridized carbons (Fsp3) is 0.0800. The van der Waals surface area contributed by atoms with Gasteiger partial charge in [-0.05, 0) is 23.6 Å². The standard InChI is InChI=1S/C20H18.C5H8O2/c1-2-9-18(14-16-19-10-5-3-6-11-19)15-17-20-12-7-4-8-13-20;1-4(2)5(6)7-3/h2-17H,1H2;1H2,2-3H3. The predicted octanol–water partition coefficient (Wildman–Crippen LogP) is 6.26. The number of hydrogen-bond acceptors (Lipinski definition) is 2. The van der Waals surface area contributed by atoms with Crippen molar-refractivity contribution in [3.63, 3.8) is 0 Å². The van der Waals surface area contributed by atoms with Gasteiger partial charge in [0.25, 0.3) is 0 Å². The van der Waals surface area contributed by atoms with Crippen LogP contribution in [0.15, 0.2) is 109 Å². The molecule has 0 aliphatic carbocycles. The minimum atomic E-state index is -0.347. The molecule has 0 aromatic heterocycles. The minimum absolute atomic E-state index is 0.347. The lowest BCUT2D eigenvalue weighted by molar-refractivity contribution is -0.136. The molecule has 0 heterocycles. The molecule has 0 spiro atoms. The first-order chi connectivity index (χ1) is 13.1. The number of allylic oxidation sites excluding steroid dienone is 5. The van der Waals surface area contributed by atoms with E-state index in [9.17, 15) is 4.79 Å². The van der Waals surface area contributed by atoms with Gasteiger partial charge in [-0.1, -0.05) is 110 Å². The van der Waals surface area contributed by atoms with Gasteiger partial charge in [-0.25, -0.2) is 4.79 Å². The van der Waals surface area contributed by atoms with Crippen molar-refractivity contribution >= 4 is 18.1 Å². The highest BCUT2D eigenvalue weighted by molar-refractivity contribution is 5.86. The predicted molar refractivity (Wildman–Crippen MR) is 116 cm³/mol. The number of benzene rings is 2. The van der Waals surface area contributed by atoms with Crippen molar-refractivity contribution in [2.24, 2.45) is 0 Å². The van der Waals surface area contributed by atoms with Crippen LogP contribution in [0.5, 0.6) is 0 Å². The normalized spacial score (nSPS) is 10.0. The Labute approximate surface area is 162 Å². The number of carbonyl (C=O) groups is 1. The zero-order valence-corrected chi connectivity index (χ0v) is 16.0. The Morgan fingerprint density at radius 1 is 0.889 bits per heavy atom. The van der Waals surface area contributed by atoms with Crippen molar-refractivity contribution in [2.75, 3.05) is 7.11 Å². The molecule has 0 bridgehead atoms. The molecule has 0 saturated carbocycles. The van der Waals surface area contributed by atoms with Gasteiger partial charge in [0.2, 0.25) is 0 Å². The van der Waals surface area contributed by atoms with Crippen molar-refractivity contribution in [3.05, 3.63) is 120 Å². The second-order valence-electron chi connectivity index (χ2n) is 5.66. The topological polar surface area (TPSA) is 26.3 Å². The van der Waals surface area contributed by atoms with Crippen LogP contribution in [0.4, 0.5) is 0 Å². The number of ether oxygens (including phenoxy) is 1. The summed E-state index contributed by atoms with van der Waals surface area (Å²) in [5, 5.41) is 0. The average molecular weight is 358 g/mol. The number of rotatable bonds is 6. The van der Waals surface area contributed by atoms with Crippen LogP contribution in [-0.2, 0) is 9.53 Å². The third-order valence-electron chi connectivity index (χ3n) is 3.38. The second-order valence-corrected chi connectivity index (χ2v) is 5.66. The van der Waals surface area contributed by atoms with Crippen molar-refractivity contribution in [3.8, 4) is 0 Å². The molecule has 0 amide bonds. The van der Waals surface area contributed by atoms with Gasteiger partial charge in [0.05, 0.1) is 7.11 Å². The molecule has 2 rings (SSSR count). The van der Waals surface area contributed by atoms with E-state index in [2.05, 4.69) is 66.5 Å². The highest BCUT2D eigenvalue weighted by Gasteiger charge is 1.95. The maximum absolute atomic E-state index is 10.2. The number of carbonyl (C=O) groups excluding carboxylic acids is 1. The van der Waals surface area contributed by atoms with E-state index in [1.54, 1.807) is 13.0 Å². The van der Waals surface area contributed by atoms with Crippen LogP contribution >= 0.6 is 0 Å². The maximum Gasteiger partial charge on any atom is 0.332 e. The summed E-state index contributed by atoms with van der Waals surface area (Å²) in [6.45, 7) is 8.72. The van der Waals surface area contributed by atoms with E-state index < -0.39 is 0 Å². The molecule has 2 aromatic rings. The van der Waals surface area contributed by atoms with Crippen LogP contribution in [0.3, 0.4) is 0 Å². The molecule has 0 atom stereocenters. The first-order valence-corrected chi connectivity index (χ1v) is 8.59. The Morgan fingerprint density at radius 3 is 1.63 bits per heavy atom. The SMILES string of the molecule is C=C(C)C(=O)OC.C=CC=C(C=Cc1ccccc1)C=Cc1ccccc1. The monoisotopic (exact) mass is 358 g/mol. The van der Waals surface area contributed by atoms with Crippen molar-refractivity contribution in [2.45, 2.75) is 6.92 Å². The molecular formula is C25H26O2. The van der Waals surface area contributed by atoms with E-state index >= 15 is 0 Å². The maximum atomic E-state index is 10.2. The number of hydrogen-bond donors (Lipinski definition) is 0. The summed E-state index contributed by atoms with van der Waals surface area (Å²) in [5.74, 6) is -0.347. The molecule has 0 unspecified atom stereocenters. The Morgan fingerprint density at radius 2 is 1.33 bits per heavy atom. The largest absolute Gasteiger partial charge is 0.466 e. The summed E-state index contributed by atoms with van der Waals surface area (Å²) in [4.78, 5) is 10.2. The molecule has 0 N–H and O–H groups in total. The molecule has 27 heavy (non-hydrogen) atoms. The molecule has 2 nitrogen and oxygen atoms in total. The van der Waals surface area contributed by atoms with E-state index in [1.165, 1.54) is 18.2 Å². The van der Waals surface area contributed by atoms with Gasteiger partial charge in [-0.2, -0.15) is 0 Å². The first kappa shape index (κ1) is 21.7. The molecule has 0 fully saturated rings. The average Bonchev–Trinajstić information content (AvgIpc) is 2.71. The molecular weight excluding hydrogens is 332 g/mol. The van der Waals surface area contributed by atoms with Crippen LogP contribution < -0.4 is 0 Å². The summed E-state index contributed by atoms with van der Waals surface area (Å²) < 4.78 is 4.27. The number of methoxy groups -OCH3 is 1. The zero-order valence-electron chi connectivity index (χ0n) is 16.0. The fourth-order valence-electron chi connectivity index (χ4n) is 1.99. The zero-order chi connectivity index (χ0) is 19.9. The molecule has 2 heteroatoms. The molecule has 0 radical (unpaired) electrons. The fourth-order valence-corrected chi connectivity index (χ4v) is 1.99. The lowest BCUT2D eigenvalue weighted by Crippen LogP contribution is -1.98. The highest BCUT2D eigenvalue weighted by Crippen LogP contribution is 2.09. The molecule has 2 aromatic carbocycles. The summed E-state index contributed by atoms with van der Waals surface area (Å²) in [6, 6.07) is 20.5. The van der Waals surface area contributed by atoms with E-state index in [1.807, 2.05) is 42.5 Å². The highest BCUT2D eigenvalue weighted by atomic mass is 16.5. The molecule has 0 saturated heterocycles. The second kappa shape index (κ2) is 12.9.